The Morgan fingerprint density at radius 2 is 2.12 bits per heavy atom. The third-order valence-corrected chi connectivity index (χ3v) is 2.27. The lowest BCUT2D eigenvalue weighted by Gasteiger charge is -2.08. The molecule has 0 bridgehead atoms. The molecule has 16 heavy (non-hydrogen) atoms. The lowest BCUT2D eigenvalue weighted by molar-refractivity contribution is -0.140. The Morgan fingerprint density at radius 1 is 1.38 bits per heavy atom. The Balaban J connectivity index is 2.79. The van der Waals surface area contributed by atoms with Crippen molar-refractivity contribution in [1.29, 1.82) is 0 Å². The number of esters is 1. The molecule has 1 aromatic rings. The second-order valence-corrected chi connectivity index (χ2v) is 3.27. The number of methoxy groups -OCH3 is 2. The molecule has 0 heterocycles. The zero-order chi connectivity index (χ0) is 12.0. The summed E-state index contributed by atoms with van der Waals surface area (Å²) in [6.07, 6.45) is 1.59. The average molecular weight is 222 g/mol. The molecule has 0 aliphatic rings. The van der Waals surface area contributed by atoms with Crippen LogP contribution in [0.15, 0.2) is 18.2 Å². The van der Waals surface area contributed by atoms with E-state index in [1.54, 1.807) is 18.2 Å². The third kappa shape index (κ3) is 3.08. The van der Waals surface area contributed by atoms with Crippen molar-refractivity contribution >= 4 is 12.3 Å². The van der Waals surface area contributed by atoms with E-state index in [4.69, 9.17) is 4.74 Å². The monoisotopic (exact) mass is 222 g/mol. The van der Waals surface area contributed by atoms with Crippen LogP contribution in [0.3, 0.4) is 0 Å². The van der Waals surface area contributed by atoms with E-state index in [-0.39, 0.29) is 5.97 Å². The summed E-state index contributed by atoms with van der Waals surface area (Å²) in [4.78, 5) is 21.6. The topological polar surface area (TPSA) is 52.6 Å². The quantitative estimate of drug-likeness (QED) is 0.561. The highest BCUT2D eigenvalue weighted by atomic mass is 16.5. The first-order valence-electron chi connectivity index (χ1n) is 4.90. The predicted octanol–water partition coefficient (Wildman–Crippen LogP) is 1.61. The van der Waals surface area contributed by atoms with Gasteiger partial charge < -0.3 is 9.47 Å². The van der Waals surface area contributed by atoms with Crippen LogP contribution < -0.4 is 4.74 Å². The minimum Gasteiger partial charge on any atom is -0.496 e. The average Bonchev–Trinajstić information content (AvgIpc) is 2.35. The molecule has 0 spiro atoms. The lowest BCUT2D eigenvalue weighted by Crippen LogP contribution is -2.03. The van der Waals surface area contributed by atoms with Crippen LogP contribution in [0, 0.1) is 0 Å². The fourth-order valence-electron chi connectivity index (χ4n) is 1.38. The summed E-state index contributed by atoms with van der Waals surface area (Å²) in [5, 5.41) is 0. The molecule has 0 radical (unpaired) electrons. The van der Waals surface area contributed by atoms with Crippen LogP contribution in [0.5, 0.6) is 5.75 Å². The van der Waals surface area contributed by atoms with Crippen molar-refractivity contribution in [2.24, 2.45) is 0 Å². The normalized spacial score (nSPS) is 9.62. The number of ether oxygens (including phenoxy) is 2. The van der Waals surface area contributed by atoms with Gasteiger partial charge in [0.25, 0.3) is 0 Å². The molecular weight excluding hydrogens is 208 g/mol. The van der Waals surface area contributed by atoms with Crippen LogP contribution in [-0.4, -0.2) is 26.5 Å². The molecule has 4 heteroatoms. The van der Waals surface area contributed by atoms with E-state index in [1.807, 2.05) is 0 Å². The molecule has 0 N–H and O–H groups in total. The molecule has 4 nitrogen and oxygen atoms in total. The molecule has 0 unspecified atom stereocenters. The molecule has 1 aromatic carbocycles. The number of hydrogen-bond donors (Lipinski definition) is 0. The van der Waals surface area contributed by atoms with Crippen molar-refractivity contribution in [3.63, 3.8) is 0 Å². The molecule has 0 fully saturated rings. The van der Waals surface area contributed by atoms with Gasteiger partial charge in [-0.15, -0.1) is 0 Å². The molecule has 0 atom stereocenters. The van der Waals surface area contributed by atoms with E-state index in [1.165, 1.54) is 14.2 Å². The lowest BCUT2D eigenvalue weighted by atomic mass is 10.1. The molecular formula is C12H14O4. The Kier molecular flexibility index (Phi) is 4.51. The van der Waals surface area contributed by atoms with Gasteiger partial charge in [-0.25, -0.2) is 0 Å². The number of aldehydes is 1. The van der Waals surface area contributed by atoms with E-state index < -0.39 is 0 Å². The van der Waals surface area contributed by atoms with Crippen LogP contribution in [0.25, 0.3) is 0 Å². The van der Waals surface area contributed by atoms with E-state index >= 15 is 0 Å². The first-order chi connectivity index (χ1) is 7.71. The van der Waals surface area contributed by atoms with Gasteiger partial charge >= 0.3 is 5.97 Å². The fraction of sp³-hybridized carbons (Fsp3) is 0.333. The predicted molar refractivity (Wildman–Crippen MR) is 58.7 cm³/mol. The number of benzene rings is 1. The maximum absolute atomic E-state index is 11.0. The van der Waals surface area contributed by atoms with E-state index in [9.17, 15) is 9.59 Å². The van der Waals surface area contributed by atoms with Crippen LogP contribution in [0.4, 0.5) is 0 Å². The van der Waals surface area contributed by atoms with E-state index in [2.05, 4.69) is 4.74 Å². The molecule has 0 aromatic heterocycles. The number of rotatable bonds is 5. The molecule has 0 amide bonds. The Bertz CT molecular complexity index is 385. The van der Waals surface area contributed by atoms with E-state index in [0.29, 0.717) is 24.2 Å². The molecule has 0 aliphatic heterocycles. The minimum absolute atomic E-state index is 0.262. The molecule has 0 aliphatic carbocycles. The van der Waals surface area contributed by atoms with Crippen molar-refractivity contribution in [2.45, 2.75) is 12.8 Å². The second kappa shape index (κ2) is 5.90. The standard InChI is InChI=1S/C12H14O4/c1-15-11-7-9(8-13)3-4-10(11)5-6-12(14)16-2/h3-4,7-8H,5-6H2,1-2H3. The zero-order valence-electron chi connectivity index (χ0n) is 9.36. The first kappa shape index (κ1) is 12.2. The molecule has 86 valence electrons. The van der Waals surface area contributed by atoms with Crippen molar-refractivity contribution in [1.82, 2.24) is 0 Å². The van der Waals surface area contributed by atoms with Crippen LogP contribution in [0.1, 0.15) is 22.3 Å². The van der Waals surface area contributed by atoms with Gasteiger partial charge in [0.2, 0.25) is 0 Å². The van der Waals surface area contributed by atoms with Crippen molar-refractivity contribution in [3.05, 3.63) is 29.3 Å². The summed E-state index contributed by atoms with van der Waals surface area (Å²) >= 11 is 0. The number of aryl methyl sites for hydroxylation is 1. The van der Waals surface area contributed by atoms with Crippen molar-refractivity contribution in [3.8, 4) is 5.75 Å². The van der Waals surface area contributed by atoms with Gasteiger partial charge in [0.15, 0.2) is 0 Å². The highest BCUT2D eigenvalue weighted by Gasteiger charge is 2.07. The summed E-state index contributed by atoms with van der Waals surface area (Å²) < 4.78 is 9.70. The molecule has 0 saturated carbocycles. The summed E-state index contributed by atoms with van der Waals surface area (Å²) in [5.41, 5.74) is 1.44. The minimum atomic E-state index is -0.262. The maximum Gasteiger partial charge on any atom is 0.305 e. The highest BCUT2D eigenvalue weighted by Crippen LogP contribution is 2.21. The Labute approximate surface area is 94.2 Å². The van der Waals surface area contributed by atoms with Gasteiger partial charge in [0.05, 0.1) is 14.2 Å². The third-order valence-electron chi connectivity index (χ3n) is 2.27. The fourth-order valence-corrected chi connectivity index (χ4v) is 1.38. The van der Waals surface area contributed by atoms with Gasteiger partial charge in [0, 0.05) is 12.0 Å². The van der Waals surface area contributed by atoms with Crippen LogP contribution in [-0.2, 0) is 16.0 Å². The molecule has 1 rings (SSSR count). The van der Waals surface area contributed by atoms with Crippen molar-refractivity contribution in [2.75, 3.05) is 14.2 Å². The zero-order valence-corrected chi connectivity index (χ0v) is 9.36. The summed E-state index contributed by atoms with van der Waals surface area (Å²) in [6, 6.07) is 5.13. The SMILES string of the molecule is COC(=O)CCc1ccc(C=O)cc1OC. The summed E-state index contributed by atoms with van der Waals surface area (Å²) in [5.74, 6) is 0.357. The van der Waals surface area contributed by atoms with Gasteiger partial charge in [-0.05, 0) is 18.1 Å². The smallest absolute Gasteiger partial charge is 0.305 e. The van der Waals surface area contributed by atoms with Gasteiger partial charge in [-0.1, -0.05) is 12.1 Å². The van der Waals surface area contributed by atoms with Crippen LogP contribution >= 0.6 is 0 Å². The summed E-state index contributed by atoms with van der Waals surface area (Å²) in [7, 11) is 2.89. The largest absolute Gasteiger partial charge is 0.496 e. The van der Waals surface area contributed by atoms with Gasteiger partial charge in [0.1, 0.15) is 12.0 Å². The number of carbonyl (C=O) groups is 2. The second-order valence-electron chi connectivity index (χ2n) is 3.27. The van der Waals surface area contributed by atoms with E-state index in [0.717, 1.165) is 11.8 Å². The van der Waals surface area contributed by atoms with Crippen LogP contribution in [0.2, 0.25) is 0 Å². The van der Waals surface area contributed by atoms with Gasteiger partial charge in [-0.3, -0.25) is 9.59 Å². The highest BCUT2D eigenvalue weighted by molar-refractivity contribution is 5.76. The number of carbonyl (C=O) groups excluding carboxylic acids is 2. The number of hydrogen-bond acceptors (Lipinski definition) is 4. The summed E-state index contributed by atoms with van der Waals surface area (Å²) in [6.45, 7) is 0. The Hall–Kier alpha value is -1.84. The van der Waals surface area contributed by atoms with Crippen molar-refractivity contribution < 1.29 is 19.1 Å². The maximum atomic E-state index is 11.0. The first-order valence-corrected chi connectivity index (χ1v) is 4.90. The Morgan fingerprint density at radius 3 is 2.69 bits per heavy atom. The molecule has 0 saturated heterocycles. The van der Waals surface area contributed by atoms with Gasteiger partial charge in [-0.2, -0.15) is 0 Å².